The first-order valence-electron chi connectivity index (χ1n) is 10.8. The number of halogens is 3. The Balaban J connectivity index is 1.48. The van der Waals surface area contributed by atoms with Gasteiger partial charge in [0.05, 0.1) is 0 Å². The second-order valence-corrected chi connectivity index (χ2v) is 9.76. The summed E-state index contributed by atoms with van der Waals surface area (Å²) in [5, 5.41) is 6.20. The summed E-state index contributed by atoms with van der Waals surface area (Å²) in [6.45, 7) is 1.67. The van der Waals surface area contributed by atoms with Crippen molar-refractivity contribution in [1.82, 2.24) is 10.2 Å². The van der Waals surface area contributed by atoms with Crippen LogP contribution in [0.1, 0.15) is 16.7 Å². The van der Waals surface area contributed by atoms with Crippen LogP contribution >= 0.6 is 39.1 Å². The molecule has 0 aliphatic carbocycles. The number of carbonyl (C=O) groups is 3. The van der Waals surface area contributed by atoms with Crippen LogP contribution in [0.4, 0.5) is 10.5 Å². The lowest BCUT2D eigenvalue weighted by molar-refractivity contribution is -0.127. The summed E-state index contributed by atoms with van der Waals surface area (Å²) in [6, 6.07) is 16.9. The van der Waals surface area contributed by atoms with E-state index in [0.29, 0.717) is 27.0 Å². The summed E-state index contributed by atoms with van der Waals surface area (Å²) in [4.78, 5) is 38.6. The van der Waals surface area contributed by atoms with Gasteiger partial charge in [-0.1, -0.05) is 62.9 Å². The van der Waals surface area contributed by atoms with E-state index in [1.54, 1.807) is 48.5 Å². The molecular weight excluding hydrogens is 569 g/mol. The first-order valence-corrected chi connectivity index (χ1v) is 12.3. The van der Waals surface area contributed by atoms with Gasteiger partial charge in [0.15, 0.2) is 0 Å². The monoisotopic (exact) mass is 587 g/mol. The lowest BCUT2D eigenvalue weighted by Crippen LogP contribution is -2.38. The first kappa shape index (κ1) is 25.8. The van der Waals surface area contributed by atoms with Crippen molar-refractivity contribution in [2.45, 2.75) is 13.5 Å². The molecule has 0 unspecified atom stereocenters. The number of nitrogens with zero attached hydrogens (tertiary/aromatic N) is 1. The van der Waals surface area contributed by atoms with Crippen LogP contribution in [0.3, 0.4) is 0 Å². The SMILES string of the molecule is Cc1ccc(NC(=O)CN2C(=O)N/C(=C/c3cc(Br)ccc3OCc3ccc(Cl)cc3Cl)C2=O)cc1. The van der Waals surface area contributed by atoms with Gasteiger partial charge >= 0.3 is 6.03 Å². The van der Waals surface area contributed by atoms with Gasteiger partial charge in [-0.25, -0.2) is 9.69 Å². The van der Waals surface area contributed by atoms with Crippen LogP contribution < -0.4 is 15.4 Å². The number of nitrogens with one attached hydrogen (secondary N) is 2. The zero-order valence-electron chi connectivity index (χ0n) is 19.0. The fraction of sp³-hybridized carbons (Fsp3) is 0.115. The maximum absolute atomic E-state index is 12.9. The molecular formula is C26H20BrCl2N3O4. The van der Waals surface area contributed by atoms with Crippen LogP contribution in [0.5, 0.6) is 5.75 Å². The molecule has 0 saturated carbocycles. The average Bonchev–Trinajstić information content (AvgIpc) is 3.08. The topological polar surface area (TPSA) is 87.7 Å². The summed E-state index contributed by atoms with van der Waals surface area (Å²) in [6.07, 6.45) is 1.50. The number of anilines is 1. The highest BCUT2D eigenvalue weighted by Gasteiger charge is 2.35. The van der Waals surface area contributed by atoms with E-state index in [9.17, 15) is 14.4 Å². The number of rotatable bonds is 7. The van der Waals surface area contributed by atoms with Gasteiger partial charge in [0, 0.05) is 31.3 Å². The van der Waals surface area contributed by atoms with Gasteiger partial charge in [0.1, 0.15) is 24.6 Å². The number of benzene rings is 3. The Morgan fingerprint density at radius 2 is 1.83 bits per heavy atom. The fourth-order valence-electron chi connectivity index (χ4n) is 3.41. The zero-order valence-corrected chi connectivity index (χ0v) is 22.1. The highest BCUT2D eigenvalue weighted by Crippen LogP contribution is 2.29. The van der Waals surface area contributed by atoms with Crippen LogP contribution in [-0.2, 0) is 16.2 Å². The number of carbonyl (C=O) groups excluding carboxylic acids is 3. The molecule has 10 heteroatoms. The highest BCUT2D eigenvalue weighted by atomic mass is 79.9. The van der Waals surface area contributed by atoms with Crippen molar-refractivity contribution >= 4 is 68.7 Å². The minimum atomic E-state index is -0.685. The van der Waals surface area contributed by atoms with Crippen LogP contribution in [0.15, 0.2) is 70.8 Å². The number of hydrogen-bond donors (Lipinski definition) is 2. The summed E-state index contributed by atoms with van der Waals surface area (Å²) < 4.78 is 6.69. The van der Waals surface area contributed by atoms with Crippen molar-refractivity contribution in [3.63, 3.8) is 0 Å². The second kappa shape index (κ2) is 11.2. The van der Waals surface area contributed by atoms with Crippen LogP contribution in [0.25, 0.3) is 6.08 Å². The third kappa shape index (κ3) is 6.26. The molecule has 3 aromatic carbocycles. The molecule has 0 atom stereocenters. The molecule has 0 aromatic heterocycles. The van der Waals surface area contributed by atoms with E-state index >= 15 is 0 Å². The molecule has 1 heterocycles. The minimum Gasteiger partial charge on any atom is -0.488 e. The van der Waals surface area contributed by atoms with E-state index in [4.69, 9.17) is 27.9 Å². The molecule has 1 saturated heterocycles. The first-order chi connectivity index (χ1) is 17.2. The highest BCUT2D eigenvalue weighted by molar-refractivity contribution is 9.10. The van der Waals surface area contributed by atoms with Gasteiger partial charge in [0.25, 0.3) is 5.91 Å². The van der Waals surface area contributed by atoms with E-state index in [1.807, 2.05) is 19.1 Å². The van der Waals surface area contributed by atoms with Gasteiger partial charge in [-0.3, -0.25) is 9.59 Å². The van der Waals surface area contributed by atoms with E-state index in [-0.39, 0.29) is 12.3 Å². The maximum atomic E-state index is 12.9. The van der Waals surface area contributed by atoms with Crippen molar-refractivity contribution in [2.24, 2.45) is 0 Å². The van der Waals surface area contributed by atoms with Crippen molar-refractivity contribution in [3.8, 4) is 5.75 Å². The number of imide groups is 1. The summed E-state index contributed by atoms with van der Waals surface area (Å²) >= 11 is 15.6. The lowest BCUT2D eigenvalue weighted by Gasteiger charge is -2.12. The van der Waals surface area contributed by atoms with Gasteiger partial charge in [0.2, 0.25) is 5.91 Å². The van der Waals surface area contributed by atoms with E-state index in [1.165, 1.54) is 6.08 Å². The summed E-state index contributed by atoms with van der Waals surface area (Å²) in [5.41, 5.74) is 2.92. The smallest absolute Gasteiger partial charge is 0.329 e. The summed E-state index contributed by atoms with van der Waals surface area (Å²) in [7, 11) is 0. The molecule has 1 aliphatic rings. The van der Waals surface area contributed by atoms with Gasteiger partial charge < -0.3 is 15.4 Å². The van der Waals surface area contributed by atoms with Crippen molar-refractivity contribution < 1.29 is 19.1 Å². The van der Waals surface area contributed by atoms with Gasteiger partial charge in [-0.2, -0.15) is 0 Å². The normalized spacial score (nSPS) is 14.2. The second-order valence-electron chi connectivity index (χ2n) is 8.00. The third-order valence-electron chi connectivity index (χ3n) is 5.27. The number of amides is 4. The number of aryl methyl sites for hydroxylation is 1. The molecule has 36 heavy (non-hydrogen) atoms. The number of ether oxygens (including phenoxy) is 1. The maximum Gasteiger partial charge on any atom is 0.329 e. The standard InChI is InChI=1S/C26H20BrCl2N3O4/c1-15-2-7-20(8-3-15)30-24(33)13-32-25(34)22(31-26(32)35)11-17-10-18(27)5-9-23(17)36-14-16-4-6-19(28)12-21(16)29/h2-12H,13-14H2,1H3,(H,30,33)(H,31,35)/b22-11+. The van der Waals surface area contributed by atoms with Crippen LogP contribution in [0.2, 0.25) is 10.0 Å². The Hall–Kier alpha value is -3.33. The molecule has 3 aromatic rings. The van der Waals surface area contributed by atoms with E-state index in [0.717, 1.165) is 20.5 Å². The Bertz CT molecular complexity index is 1380. The van der Waals surface area contributed by atoms with E-state index in [2.05, 4.69) is 26.6 Å². The number of urea groups is 1. The quantitative estimate of drug-likeness (QED) is 0.255. The molecule has 2 N–H and O–H groups in total. The van der Waals surface area contributed by atoms with Crippen molar-refractivity contribution in [2.75, 3.05) is 11.9 Å². The predicted molar refractivity (Wildman–Crippen MR) is 143 cm³/mol. The average molecular weight is 589 g/mol. The third-order valence-corrected chi connectivity index (χ3v) is 6.35. The predicted octanol–water partition coefficient (Wildman–Crippen LogP) is 6.17. The zero-order chi connectivity index (χ0) is 25.8. The molecule has 184 valence electrons. The van der Waals surface area contributed by atoms with Crippen LogP contribution in [-0.4, -0.2) is 29.3 Å². The Morgan fingerprint density at radius 3 is 2.56 bits per heavy atom. The number of hydrogen-bond acceptors (Lipinski definition) is 4. The Kier molecular flexibility index (Phi) is 7.98. The Morgan fingerprint density at radius 1 is 1.08 bits per heavy atom. The summed E-state index contributed by atoms with van der Waals surface area (Å²) in [5.74, 6) is -0.644. The molecule has 4 amide bonds. The molecule has 4 rings (SSSR count). The Labute approximate surface area is 226 Å². The molecule has 7 nitrogen and oxygen atoms in total. The fourth-order valence-corrected chi connectivity index (χ4v) is 4.25. The van der Waals surface area contributed by atoms with Crippen molar-refractivity contribution in [3.05, 3.63) is 97.6 Å². The molecule has 0 bridgehead atoms. The van der Waals surface area contributed by atoms with Crippen LogP contribution in [0, 0.1) is 6.92 Å². The molecule has 1 fully saturated rings. The molecule has 0 radical (unpaired) electrons. The molecule has 0 spiro atoms. The van der Waals surface area contributed by atoms with Gasteiger partial charge in [-0.15, -0.1) is 0 Å². The van der Waals surface area contributed by atoms with E-state index < -0.39 is 24.4 Å². The lowest BCUT2D eigenvalue weighted by atomic mass is 10.1. The minimum absolute atomic E-state index is 0.0237. The van der Waals surface area contributed by atoms with Crippen molar-refractivity contribution in [1.29, 1.82) is 0 Å². The largest absolute Gasteiger partial charge is 0.488 e. The van der Waals surface area contributed by atoms with Gasteiger partial charge in [-0.05, 0) is 55.5 Å². The molecule has 1 aliphatic heterocycles.